The van der Waals surface area contributed by atoms with Crippen LogP contribution in [0.4, 0.5) is 4.39 Å². The minimum atomic E-state index is -0.854. The number of carbonyl (C=O) groups excluding carboxylic acids is 3. The number of carbonyl (C=O) groups is 3. The number of ether oxygens (including phenoxy) is 3. The predicted octanol–water partition coefficient (Wildman–Crippen LogP) is 3.19. The smallest absolute Gasteiger partial charge is 0.338 e. The number of methoxy groups -OCH3 is 2. The van der Waals surface area contributed by atoms with Crippen molar-refractivity contribution in [3.8, 4) is 23.0 Å². The maximum atomic E-state index is 14.1. The van der Waals surface area contributed by atoms with Gasteiger partial charge in [-0.15, -0.1) is 0 Å². The molecule has 1 aliphatic rings. The summed E-state index contributed by atoms with van der Waals surface area (Å²) >= 11 is 0. The van der Waals surface area contributed by atoms with Crippen LogP contribution in [-0.2, 0) is 4.74 Å². The van der Waals surface area contributed by atoms with Gasteiger partial charge in [-0.2, -0.15) is 0 Å². The van der Waals surface area contributed by atoms with Gasteiger partial charge in [0.15, 0.2) is 17.3 Å². The number of rotatable bonds is 8. The number of phenols is 2. The van der Waals surface area contributed by atoms with E-state index in [4.69, 9.17) is 14.2 Å². The Morgan fingerprint density at radius 2 is 1.60 bits per heavy atom. The summed E-state index contributed by atoms with van der Waals surface area (Å²) in [6.45, 7) is 1.01. The number of phenolic OH excluding ortho intramolecular Hbond substituents is 2. The zero-order chi connectivity index (χ0) is 28.8. The van der Waals surface area contributed by atoms with Crippen molar-refractivity contribution in [2.45, 2.75) is 25.0 Å². The molecule has 1 saturated heterocycles. The second kappa shape index (κ2) is 12.5. The van der Waals surface area contributed by atoms with E-state index in [1.165, 1.54) is 62.8 Å². The molecule has 3 aromatic rings. The lowest BCUT2D eigenvalue weighted by Crippen LogP contribution is -2.49. The van der Waals surface area contributed by atoms with E-state index in [2.05, 4.69) is 10.6 Å². The Balaban J connectivity index is 1.48. The molecule has 210 valence electrons. The van der Waals surface area contributed by atoms with Crippen LogP contribution in [-0.4, -0.2) is 67.3 Å². The molecule has 0 unspecified atom stereocenters. The Bertz CT molecular complexity index is 1360. The largest absolute Gasteiger partial charge is 0.507 e. The van der Waals surface area contributed by atoms with Crippen LogP contribution in [0, 0.1) is 5.82 Å². The number of ketones is 1. The van der Waals surface area contributed by atoms with Gasteiger partial charge in [-0.25, -0.2) is 9.18 Å². The quantitative estimate of drug-likeness (QED) is 0.245. The summed E-state index contributed by atoms with van der Waals surface area (Å²) in [4.78, 5) is 38.8. The Hall–Kier alpha value is -4.64. The topological polar surface area (TPSA) is 143 Å². The van der Waals surface area contributed by atoms with Gasteiger partial charge in [0.2, 0.25) is 5.75 Å². The highest BCUT2D eigenvalue weighted by Crippen LogP contribution is 2.37. The summed E-state index contributed by atoms with van der Waals surface area (Å²) in [7, 11) is 2.71. The van der Waals surface area contributed by atoms with Crippen LogP contribution >= 0.6 is 0 Å². The molecule has 0 aliphatic carbocycles. The fraction of sp³-hybridized carbons (Fsp3) is 0.276. The van der Waals surface area contributed by atoms with Crippen molar-refractivity contribution in [3.05, 3.63) is 82.7 Å². The average Bonchev–Trinajstić information content (AvgIpc) is 3.17. The molecule has 4 N–H and O–H groups in total. The lowest BCUT2D eigenvalue weighted by molar-refractivity contribution is 0.0192. The van der Waals surface area contributed by atoms with Gasteiger partial charge in [0.05, 0.1) is 31.4 Å². The molecule has 1 heterocycles. The monoisotopic (exact) mass is 552 g/mol. The number of aromatic hydroxyl groups is 2. The van der Waals surface area contributed by atoms with E-state index < -0.39 is 46.9 Å². The second-order valence-electron chi connectivity index (χ2n) is 9.14. The summed E-state index contributed by atoms with van der Waals surface area (Å²) in [6, 6.07) is 11.2. The van der Waals surface area contributed by atoms with Crippen LogP contribution in [0.3, 0.4) is 0 Å². The molecule has 0 bridgehead atoms. The molecular weight excluding hydrogens is 523 g/mol. The van der Waals surface area contributed by atoms with Crippen molar-refractivity contribution < 1.29 is 43.2 Å². The van der Waals surface area contributed by atoms with E-state index in [9.17, 15) is 29.0 Å². The van der Waals surface area contributed by atoms with E-state index >= 15 is 0 Å². The molecule has 4 rings (SSSR count). The third-order valence-corrected chi connectivity index (χ3v) is 6.57. The van der Waals surface area contributed by atoms with Crippen molar-refractivity contribution in [1.82, 2.24) is 10.6 Å². The van der Waals surface area contributed by atoms with Crippen LogP contribution in [0.5, 0.6) is 23.0 Å². The van der Waals surface area contributed by atoms with Gasteiger partial charge in [0.1, 0.15) is 17.7 Å². The molecule has 0 aromatic heterocycles. The maximum Gasteiger partial charge on any atom is 0.338 e. The lowest BCUT2D eigenvalue weighted by Gasteiger charge is -2.26. The first-order chi connectivity index (χ1) is 19.2. The summed E-state index contributed by atoms with van der Waals surface area (Å²) in [5, 5.41) is 26.1. The van der Waals surface area contributed by atoms with E-state index in [1.54, 1.807) is 0 Å². The Kier molecular flexibility index (Phi) is 8.85. The molecule has 1 fully saturated rings. The van der Waals surface area contributed by atoms with Gasteiger partial charge in [0.25, 0.3) is 5.91 Å². The SMILES string of the molecule is COc1cc(C(=O)N[C@@H]2CNCCC[C@H]2OC(=O)c2ccc(C(=O)c3c(O)cccc3F)cc2)cc(OC)c1O. The number of amides is 1. The van der Waals surface area contributed by atoms with Crippen molar-refractivity contribution in [3.63, 3.8) is 0 Å². The summed E-state index contributed by atoms with van der Waals surface area (Å²) in [5.74, 6) is -3.30. The molecule has 1 amide bonds. The number of hydrogen-bond donors (Lipinski definition) is 4. The summed E-state index contributed by atoms with van der Waals surface area (Å²) in [5.41, 5.74) is -0.0293. The standard InChI is InChI=1S/C29H29FN2O8/c1-38-23-13-18(14-24(39-2)27(23)35)28(36)32-20-15-31-12-4-7-22(20)40-29(37)17-10-8-16(9-11-17)26(34)25-19(30)5-3-6-21(25)33/h3,5-6,8-11,13-14,20,22,31,33,35H,4,7,12,15H2,1-2H3,(H,32,36)/t20-,22-/m1/s1. The number of hydrogen-bond acceptors (Lipinski definition) is 9. The number of halogens is 1. The van der Waals surface area contributed by atoms with E-state index in [0.717, 1.165) is 6.07 Å². The first-order valence-corrected chi connectivity index (χ1v) is 12.5. The van der Waals surface area contributed by atoms with Crippen LogP contribution in [0.2, 0.25) is 0 Å². The van der Waals surface area contributed by atoms with Crippen LogP contribution in [0.25, 0.3) is 0 Å². The van der Waals surface area contributed by atoms with Gasteiger partial charge in [-0.3, -0.25) is 9.59 Å². The molecule has 11 heteroatoms. The molecule has 3 aromatic carbocycles. The van der Waals surface area contributed by atoms with Crippen LogP contribution in [0.1, 0.15) is 49.5 Å². The van der Waals surface area contributed by atoms with Crippen LogP contribution < -0.4 is 20.1 Å². The van der Waals surface area contributed by atoms with Gasteiger partial charge >= 0.3 is 5.97 Å². The zero-order valence-electron chi connectivity index (χ0n) is 21.9. The highest BCUT2D eigenvalue weighted by Gasteiger charge is 2.30. The molecule has 0 spiro atoms. The van der Waals surface area contributed by atoms with Crippen molar-refractivity contribution >= 4 is 17.7 Å². The third-order valence-electron chi connectivity index (χ3n) is 6.57. The molecule has 0 saturated carbocycles. The fourth-order valence-corrected chi connectivity index (χ4v) is 4.42. The molecule has 10 nitrogen and oxygen atoms in total. The first-order valence-electron chi connectivity index (χ1n) is 12.5. The number of esters is 1. The van der Waals surface area contributed by atoms with Gasteiger partial charge in [-0.05, 0) is 55.8 Å². The van der Waals surface area contributed by atoms with Gasteiger partial charge < -0.3 is 35.1 Å². The minimum absolute atomic E-state index is 0.0682. The van der Waals surface area contributed by atoms with E-state index in [-0.39, 0.29) is 33.9 Å². The minimum Gasteiger partial charge on any atom is -0.507 e. The average molecular weight is 553 g/mol. The van der Waals surface area contributed by atoms with E-state index in [0.29, 0.717) is 25.9 Å². The predicted molar refractivity (Wildman–Crippen MR) is 142 cm³/mol. The number of nitrogens with one attached hydrogen (secondary N) is 2. The Morgan fingerprint density at radius 1 is 0.950 bits per heavy atom. The maximum absolute atomic E-state index is 14.1. The second-order valence-corrected chi connectivity index (χ2v) is 9.14. The van der Waals surface area contributed by atoms with Crippen LogP contribution in [0.15, 0.2) is 54.6 Å². The van der Waals surface area contributed by atoms with E-state index in [1.807, 2.05) is 0 Å². The molecule has 40 heavy (non-hydrogen) atoms. The Morgan fingerprint density at radius 3 is 2.23 bits per heavy atom. The van der Waals surface area contributed by atoms with Gasteiger partial charge in [0, 0.05) is 17.7 Å². The first kappa shape index (κ1) is 28.4. The molecule has 0 radical (unpaired) electrons. The van der Waals surface area contributed by atoms with Gasteiger partial charge in [-0.1, -0.05) is 18.2 Å². The van der Waals surface area contributed by atoms with Crippen molar-refractivity contribution in [2.75, 3.05) is 27.3 Å². The summed E-state index contributed by atoms with van der Waals surface area (Å²) in [6.07, 6.45) is 0.517. The fourth-order valence-electron chi connectivity index (χ4n) is 4.42. The number of benzene rings is 3. The zero-order valence-corrected chi connectivity index (χ0v) is 21.9. The highest BCUT2D eigenvalue weighted by atomic mass is 19.1. The third kappa shape index (κ3) is 6.15. The molecular formula is C29H29FN2O8. The molecule has 1 aliphatic heterocycles. The lowest BCUT2D eigenvalue weighted by atomic mass is 10.0. The highest BCUT2D eigenvalue weighted by molar-refractivity contribution is 6.11. The van der Waals surface area contributed by atoms with Crippen molar-refractivity contribution in [2.24, 2.45) is 0 Å². The molecule has 2 atom stereocenters. The summed E-state index contributed by atoms with van der Waals surface area (Å²) < 4.78 is 30.1. The normalized spacial score (nSPS) is 16.9. The van der Waals surface area contributed by atoms with Crippen molar-refractivity contribution in [1.29, 1.82) is 0 Å². The Labute approximate surface area is 229 Å².